The molecule has 102 valence electrons. The maximum absolute atomic E-state index is 11.4. The minimum absolute atomic E-state index is 0.0670. The minimum Gasteiger partial charge on any atom is -0.484 e. The molecule has 0 saturated heterocycles. The molecule has 0 aliphatic carbocycles. The Hall–Kier alpha value is -1.31. The van der Waals surface area contributed by atoms with Crippen molar-refractivity contribution in [2.75, 3.05) is 0 Å². The van der Waals surface area contributed by atoms with Gasteiger partial charge < -0.3 is 4.74 Å². The molecule has 0 saturated carbocycles. The quantitative estimate of drug-likeness (QED) is 0.805. The van der Waals surface area contributed by atoms with Gasteiger partial charge >= 0.3 is 0 Å². The van der Waals surface area contributed by atoms with Gasteiger partial charge in [0.25, 0.3) is 9.05 Å². The van der Waals surface area contributed by atoms with E-state index in [0.29, 0.717) is 5.82 Å². The Kier molecular flexibility index (Phi) is 3.98. The van der Waals surface area contributed by atoms with Gasteiger partial charge in [-0.05, 0) is 18.2 Å². The zero-order valence-electron chi connectivity index (χ0n) is 9.75. The molecule has 0 radical (unpaired) electrons. The third kappa shape index (κ3) is 3.37. The fourth-order valence-corrected chi connectivity index (χ4v) is 2.62. The number of hydrogen-bond acceptors (Lipinski definition) is 5. The molecular formula is C10H9Cl2N3O3S. The lowest BCUT2D eigenvalue weighted by Gasteiger charge is -2.09. The molecule has 0 unspecified atom stereocenters. The van der Waals surface area contributed by atoms with Gasteiger partial charge in [0.05, 0.1) is 0 Å². The maximum atomic E-state index is 11.4. The largest absolute Gasteiger partial charge is 0.484 e. The monoisotopic (exact) mass is 321 g/mol. The van der Waals surface area contributed by atoms with Crippen LogP contribution in [0.4, 0.5) is 0 Å². The molecule has 0 bridgehead atoms. The summed E-state index contributed by atoms with van der Waals surface area (Å²) in [5, 5.41) is 4.13. The number of aromatic nitrogens is 3. The number of halogens is 2. The van der Waals surface area contributed by atoms with Crippen LogP contribution in [0, 0.1) is 0 Å². The van der Waals surface area contributed by atoms with Gasteiger partial charge in [0, 0.05) is 22.8 Å². The molecule has 1 heterocycles. The van der Waals surface area contributed by atoms with E-state index in [2.05, 4.69) is 10.1 Å². The van der Waals surface area contributed by atoms with Gasteiger partial charge in [-0.2, -0.15) is 5.10 Å². The van der Waals surface area contributed by atoms with Gasteiger partial charge in [-0.25, -0.2) is 13.4 Å². The summed E-state index contributed by atoms with van der Waals surface area (Å²) in [5.74, 6) is 0.662. The van der Waals surface area contributed by atoms with Gasteiger partial charge in [0.1, 0.15) is 23.6 Å². The normalized spacial score (nSPS) is 11.5. The molecule has 6 nitrogen and oxygen atoms in total. The van der Waals surface area contributed by atoms with E-state index >= 15 is 0 Å². The summed E-state index contributed by atoms with van der Waals surface area (Å²) in [6.45, 7) is 0.0670. The Bertz CT molecular complexity index is 700. The summed E-state index contributed by atoms with van der Waals surface area (Å²) in [7, 11) is 3.09. The standard InChI is InChI=1S/C10H9Cl2N3O3S/c1-15-10(13-6-14-15)5-18-8-3-2-7(11)4-9(8)19(12,16)17/h2-4,6H,5H2,1H3. The summed E-state index contributed by atoms with van der Waals surface area (Å²) in [4.78, 5) is 3.78. The number of benzene rings is 1. The average molecular weight is 322 g/mol. The third-order valence-electron chi connectivity index (χ3n) is 2.33. The smallest absolute Gasteiger partial charge is 0.265 e. The van der Waals surface area contributed by atoms with E-state index < -0.39 is 9.05 Å². The molecule has 0 aliphatic heterocycles. The Morgan fingerprint density at radius 1 is 1.42 bits per heavy atom. The first-order valence-electron chi connectivity index (χ1n) is 5.08. The number of rotatable bonds is 4. The lowest BCUT2D eigenvalue weighted by Crippen LogP contribution is -2.06. The number of hydrogen-bond donors (Lipinski definition) is 0. The van der Waals surface area contributed by atoms with Crippen LogP contribution in [0.2, 0.25) is 5.02 Å². The van der Waals surface area contributed by atoms with Crippen molar-refractivity contribution in [2.24, 2.45) is 7.05 Å². The summed E-state index contributed by atoms with van der Waals surface area (Å²) >= 11 is 5.74. The topological polar surface area (TPSA) is 74.1 Å². The Morgan fingerprint density at radius 2 is 2.16 bits per heavy atom. The van der Waals surface area contributed by atoms with Gasteiger partial charge in [0.2, 0.25) is 0 Å². The molecule has 9 heteroatoms. The molecule has 1 aromatic carbocycles. The third-order valence-corrected chi connectivity index (χ3v) is 3.91. The zero-order chi connectivity index (χ0) is 14.0. The second kappa shape index (κ2) is 5.36. The van der Waals surface area contributed by atoms with Crippen molar-refractivity contribution < 1.29 is 13.2 Å². The average Bonchev–Trinajstić information content (AvgIpc) is 2.72. The molecule has 1 aromatic heterocycles. The first-order valence-corrected chi connectivity index (χ1v) is 7.76. The highest BCUT2D eigenvalue weighted by molar-refractivity contribution is 8.13. The van der Waals surface area contributed by atoms with Crippen LogP contribution < -0.4 is 4.74 Å². The van der Waals surface area contributed by atoms with Crippen LogP contribution in [0.25, 0.3) is 0 Å². The van der Waals surface area contributed by atoms with E-state index in [1.807, 2.05) is 0 Å². The van der Waals surface area contributed by atoms with Crippen LogP contribution in [-0.4, -0.2) is 23.2 Å². The summed E-state index contributed by atoms with van der Waals surface area (Å²) in [5.41, 5.74) is 0. The first-order chi connectivity index (χ1) is 8.88. The predicted molar refractivity (Wildman–Crippen MR) is 69.8 cm³/mol. The van der Waals surface area contributed by atoms with Crippen molar-refractivity contribution >= 4 is 31.3 Å². The van der Waals surface area contributed by atoms with Gasteiger partial charge in [0.15, 0.2) is 5.82 Å². The van der Waals surface area contributed by atoms with E-state index in [-0.39, 0.29) is 22.3 Å². The maximum Gasteiger partial charge on any atom is 0.265 e. The van der Waals surface area contributed by atoms with Crippen LogP contribution in [-0.2, 0) is 22.7 Å². The minimum atomic E-state index is -3.94. The van der Waals surface area contributed by atoms with Crippen LogP contribution >= 0.6 is 22.3 Å². The van der Waals surface area contributed by atoms with Gasteiger partial charge in [-0.15, -0.1) is 0 Å². The molecule has 19 heavy (non-hydrogen) atoms. The fraction of sp³-hybridized carbons (Fsp3) is 0.200. The molecule has 2 aromatic rings. The summed E-state index contributed by atoms with van der Waals surface area (Å²) < 4.78 is 29.8. The second-order valence-corrected chi connectivity index (χ2v) is 6.59. The van der Waals surface area contributed by atoms with Crippen LogP contribution in [0.15, 0.2) is 29.4 Å². The van der Waals surface area contributed by atoms with E-state index in [0.717, 1.165) is 0 Å². The Balaban J connectivity index is 2.28. The Morgan fingerprint density at radius 3 is 2.74 bits per heavy atom. The molecule has 0 fully saturated rings. The summed E-state index contributed by atoms with van der Waals surface area (Å²) in [6.07, 6.45) is 1.37. The number of nitrogens with zero attached hydrogens (tertiary/aromatic N) is 3. The molecule has 0 aliphatic rings. The van der Waals surface area contributed by atoms with Crippen molar-refractivity contribution in [1.82, 2.24) is 14.8 Å². The molecule has 0 spiro atoms. The van der Waals surface area contributed by atoms with Crippen molar-refractivity contribution in [2.45, 2.75) is 11.5 Å². The van der Waals surface area contributed by atoms with E-state index in [4.69, 9.17) is 27.0 Å². The van der Waals surface area contributed by atoms with E-state index in [9.17, 15) is 8.42 Å². The zero-order valence-corrected chi connectivity index (χ0v) is 12.1. The summed E-state index contributed by atoms with van der Waals surface area (Å²) in [6, 6.07) is 4.18. The highest BCUT2D eigenvalue weighted by atomic mass is 35.7. The highest BCUT2D eigenvalue weighted by Crippen LogP contribution is 2.30. The lowest BCUT2D eigenvalue weighted by molar-refractivity contribution is 0.282. The van der Waals surface area contributed by atoms with Gasteiger partial charge in [-0.1, -0.05) is 11.6 Å². The lowest BCUT2D eigenvalue weighted by atomic mass is 10.3. The Labute approximate surface area is 119 Å². The van der Waals surface area contributed by atoms with Crippen LogP contribution in [0.1, 0.15) is 5.82 Å². The van der Waals surface area contributed by atoms with Crippen LogP contribution in [0.5, 0.6) is 5.75 Å². The van der Waals surface area contributed by atoms with Crippen molar-refractivity contribution in [1.29, 1.82) is 0 Å². The van der Waals surface area contributed by atoms with E-state index in [1.165, 1.54) is 29.2 Å². The molecule has 0 atom stereocenters. The SMILES string of the molecule is Cn1ncnc1COc1ccc(Cl)cc1S(=O)(=O)Cl. The van der Waals surface area contributed by atoms with Crippen molar-refractivity contribution in [3.8, 4) is 5.75 Å². The first kappa shape index (κ1) is 14.1. The predicted octanol–water partition coefficient (Wildman–Crippen LogP) is 1.98. The molecule has 0 N–H and O–H groups in total. The fourth-order valence-electron chi connectivity index (χ4n) is 1.38. The highest BCUT2D eigenvalue weighted by Gasteiger charge is 2.18. The number of ether oxygens (including phenoxy) is 1. The van der Waals surface area contributed by atoms with Crippen molar-refractivity contribution in [3.63, 3.8) is 0 Å². The molecular weight excluding hydrogens is 313 g/mol. The second-order valence-electron chi connectivity index (χ2n) is 3.62. The van der Waals surface area contributed by atoms with Crippen molar-refractivity contribution in [3.05, 3.63) is 35.4 Å². The van der Waals surface area contributed by atoms with E-state index in [1.54, 1.807) is 7.05 Å². The molecule has 0 amide bonds. The molecule has 2 rings (SSSR count). The van der Waals surface area contributed by atoms with Crippen LogP contribution in [0.3, 0.4) is 0 Å². The van der Waals surface area contributed by atoms with Gasteiger partial charge in [-0.3, -0.25) is 4.68 Å². The number of aryl methyl sites for hydroxylation is 1.